The highest BCUT2D eigenvalue weighted by atomic mass is 19.2. The first-order valence-electron chi connectivity index (χ1n) is 6.22. The third-order valence-corrected chi connectivity index (χ3v) is 3.40. The van der Waals surface area contributed by atoms with Crippen molar-refractivity contribution in [2.75, 3.05) is 5.32 Å². The molecule has 0 aliphatic carbocycles. The summed E-state index contributed by atoms with van der Waals surface area (Å²) < 4.78 is 45.1. The zero-order valence-corrected chi connectivity index (χ0v) is 11.5. The van der Waals surface area contributed by atoms with E-state index in [2.05, 4.69) is 5.32 Å². The molecular weight excluding hydrogens is 255 g/mol. The van der Waals surface area contributed by atoms with Crippen LogP contribution in [0.3, 0.4) is 0 Å². The van der Waals surface area contributed by atoms with Crippen LogP contribution in [0, 0.1) is 17.5 Å². The highest BCUT2D eigenvalue weighted by molar-refractivity contribution is 5.46. The predicted octanol–water partition coefficient (Wildman–Crippen LogP) is 3.86. The Morgan fingerprint density at radius 3 is 2.05 bits per heavy atom. The van der Waals surface area contributed by atoms with Crippen molar-refractivity contribution >= 4 is 5.69 Å². The average Bonchev–Trinajstić information content (AvgIpc) is 2.43. The fourth-order valence-electron chi connectivity index (χ4n) is 2.63. The number of ether oxygens (including phenoxy) is 1. The van der Waals surface area contributed by atoms with Crippen LogP contribution in [0.1, 0.15) is 34.1 Å². The Bertz CT molecular complexity index is 476. The van der Waals surface area contributed by atoms with Gasteiger partial charge in [-0.25, -0.2) is 13.2 Å². The van der Waals surface area contributed by atoms with E-state index < -0.39 is 23.1 Å². The predicted molar refractivity (Wildman–Crippen MR) is 67.6 cm³/mol. The quantitative estimate of drug-likeness (QED) is 0.826. The SMILES string of the molecule is CC1(C)CC(Nc2cc(F)c(F)c(F)c2)C(C)(C)O1. The lowest BCUT2D eigenvalue weighted by Gasteiger charge is -2.28. The first-order chi connectivity index (χ1) is 8.61. The minimum Gasteiger partial charge on any atom is -0.379 e. The maximum Gasteiger partial charge on any atom is 0.194 e. The Balaban J connectivity index is 2.22. The van der Waals surface area contributed by atoms with E-state index in [0.717, 1.165) is 12.1 Å². The molecule has 0 bridgehead atoms. The highest BCUT2D eigenvalue weighted by Gasteiger charge is 2.45. The summed E-state index contributed by atoms with van der Waals surface area (Å²) in [4.78, 5) is 0. The molecule has 0 radical (unpaired) electrons. The number of anilines is 1. The van der Waals surface area contributed by atoms with Crippen LogP contribution in [0.4, 0.5) is 18.9 Å². The zero-order valence-electron chi connectivity index (χ0n) is 11.5. The van der Waals surface area contributed by atoms with Gasteiger partial charge < -0.3 is 10.1 Å². The van der Waals surface area contributed by atoms with Gasteiger partial charge in [-0.15, -0.1) is 0 Å². The van der Waals surface area contributed by atoms with Crippen molar-refractivity contribution in [2.24, 2.45) is 0 Å². The van der Waals surface area contributed by atoms with Crippen LogP contribution in [0.5, 0.6) is 0 Å². The van der Waals surface area contributed by atoms with Crippen LogP contribution in [-0.2, 0) is 4.74 Å². The monoisotopic (exact) mass is 273 g/mol. The van der Waals surface area contributed by atoms with E-state index >= 15 is 0 Å². The first-order valence-corrected chi connectivity index (χ1v) is 6.22. The van der Waals surface area contributed by atoms with Crippen molar-refractivity contribution in [3.63, 3.8) is 0 Å². The van der Waals surface area contributed by atoms with E-state index in [1.807, 2.05) is 27.7 Å². The van der Waals surface area contributed by atoms with Gasteiger partial charge in [0.1, 0.15) is 0 Å². The molecule has 1 N–H and O–H groups in total. The second-order valence-electron chi connectivity index (χ2n) is 6.12. The molecule has 106 valence electrons. The smallest absolute Gasteiger partial charge is 0.194 e. The lowest BCUT2D eigenvalue weighted by molar-refractivity contribution is -0.0662. The van der Waals surface area contributed by atoms with Crippen LogP contribution in [0.15, 0.2) is 12.1 Å². The van der Waals surface area contributed by atoms with E-state index in [4.69, 9.17) is 4.74 Å². The summed E-state index contributed by atoms with van der Waals surface area (Å²) in [6.07, 6.45) is 0.695. The molecule has 1 aromatic rings. The van der Waals surface area contributed by atoms with E-state index in [1.165, 1.54) is 0 Å². The maximum absolute atomic E-state index is 13.2. The number of benzene rings is 1. The minimum absolute atomic E-state index is 0.105. The Hall–Kier alpha value is -1.23. The summed E-state index contributed by atoms with van der Waals surface area (Å²) in [6, 6.07) is 1.81. The Kier molecular flexibility index (Phi) is 3.29. The van der Waals surface area contributed by atoms with Crippen molar-refractivity contribution in [3.05, 3.63) is 29.6 Å². The molecule has 1 aliphatic rings. The van der Waals surface area contributed by atoms with E-state index in [9.17, 15) is 13.2 Å². The summed E-state index contributed by atoms with van der Waals surface area (Å²) in [7, 11) is 0. The molecule has 2 nitrogen and oxygen atoms in total. The summed E-state index contributed by atoms with van der Waals surface area (Å²) >= 11 is 0. The van der Waals surface area contributed by atoms with Gasteiger partial charge in [0.15, 0.2) is 17.5 Å². The molecule has 19 heavy (non-hydrogen) atoms. The van der Waals surface area contributed by atoms with Crippen LogP contribution in [0.25, 0.3) is 0 Å². The van der Waals surface area contributed by atoms with Crippen molar-refractivity contribution in [1.29, 1.82) is 0 Å². The molecule has 2 rings (SSSR count). The molecule has 1 saturated heterocycles. The van der Waals surface area contributed by atoms with Gasteiger partial charge in [0, 0.05) is 17.8 Å². The molecular formula is C14H18F3NO. The Labute approximate surface area is 111 Å². The van der Waals surface area contributed by atoms with Gasteiger partial charge in [-0.2, -0.15) is 0 Å². The lowest BCUT2D eigenvalue weighted by Crippen LogP contribution is -2.38. The average molecular weight is 273 g/mol. The van der Waals surface area contributed by atoms with Crippen molar-refractivity contribution in [2.45, 2.75) is 51.4 Å². The van der Waals surface area contributed by atoms with Gasteiger partial charge in [0.05, 0.1) is 17.2 Å². The molecule has 1 heterocycles. The molecule has 1 aliphatic heterocycles. The Morgan fingerprint density at radius 1 is 1.11 bits per heavy atom. The van der Waals surface area contributed by atoms with Gasteiger partial charge in [-0.1, -0.05) is 0 Å². The molecule has 1 unspecified atom stereocenters. The van der Waals surface area contributed by atoms with E-state index in [-0.39, 0.29) is 17.3 Å². The molecule has 0 saturated carbocycles. The largest absolute Gasteiger partial charge is 0.379 e. The van der Waals surface area contributed by atoms with Crippen molar-refractivity contribution in [3.8, 4) is 0 Å². The summed E-state index contributed by atoms with van der Waals surface area (Å²) in [5, 5.41) is 3.02. The van der Waals surface area contributed by atoms with Crippen molar-refractivity contribution in [1.82, 2.24) is 0 Å². The summed E-state index contributed by atoms with van der Waals surface area (Å²) in [6.45, 7) is 7.75. The zero-order chi connectivity index (χ0) is 14.4. The molecule has 0 spiro atoms. The molecule has 5 heteroatoms. The molecule has 1 atom stereocenters. The van der Waals surface area contributed by atoms with Crippen LogP contribution in [0.2, 0.25) is 0 Å². The number of nitrogens with one attached hydrogen (secondary N) is 1. The normalized spacial score (nSPS) is 24.5. The third-order valence-electron chi connectivity index (χ3n) is 3.40. The fraction of sp³-hybridized carbons (Fsp3) is 0.571. The number of hydrogen-bond acceptors (Lipinski definition) is 2. The van der Waals surface area contributed by atoms with Gasteiger partial charge >= 0.3 is 0 Å². The fourth-order valence-corrected chi connectivity index (χ4v) is 2.63. The highest BCUT2D eigenvalue weighted by Crippen LogP contribution is 2.39. The number of rotatable bonds is 2. The molecule has 0 amide bonds. The van der Waals surface area contributed by atoms with Crippen LogP contribution >= 0.6 is 0 Å². The molecule has 1 aromatic carbocycles. The Morgan fingerprint density at radius 2 is 1.63 bits per heavy atom. The summed E-state index contributed by atoms with van der Waals surface area (Å²) in [5.74, 6) is -3.84. The second-order valence-corrected chi connectivity index (χ2v) is 6.12. The standard InChI is InChI=1S/C14H18F3NO/c1-13(2)7-11(14(3,4)19-13)18-8-5-9(15)12(17)10(16)6-8/h5-6,11,18H,7H2,1-4H3. The third kappa shape index (κ3) is 2.86. The summed E-state index contributed by atoms with van der Waals surface area (Å²) in [5.41, 5.74) is -0.556. The maximum atomic E-state index is 13.2. The second kappa shape index (κ2) is 4.40. The lowest BCUT2D eigenvalue weighted by atomic mass is 9.94. The topological polar surface area (TPSA) is 21.3 Å². The molecule has 1 fully saturated rings. The van der Waals surface area contributed by atoms with Crippen molar-refractivity contribution < 1.29 is 17.9 Å². The van der Waals surface area contributed by atoms with Gasteiger partial charge in [0.2, 0.25) is 0 Å². The first kappa shape index (κ1) is 14.2. The van der Waals surface area contributed by atoms with Gasteiger partial charge in [0.25, 0.3) is 0 Å². The number of halogens is 3. The van der Waals surface area contributed by atoms with E-state index in [1.54, 1.807) is 0 Å². The van der Waals surface area contributed by atoms with Crippen LogP contribution in [-0.4, -0.2) is 17.2 Å². The number of hydrogen-bond donors (Lipinski definition) is 1. The minimum atomic E-state index is -1.45. The molecule has 0 aromatic heterocycles. The van der Waals surface area contributed by atoms with Gasteiger partial charge in [-0.3, -0.25) is 0 Å². The van der Waals surface area contributed by atoms with Gasteiger partial charge in [-0.05, 0) is 34.1 Å². The van der Waals surface area contributed by atoms with Crippen LogP contribution < -0.4 is 5.32 Å². The van der Waals surface area contributed by atoms with E-state index in [0.29, 0.717) is 6.42 Å².